The lowest BCUT2D eigenvalue weighted by Gasteiger charge is -2.05. The van der Waals surface area contributed by atoms with Gasteiger partial charge in [0, 0.05) is 5.39 Å². The van der Waals surface area contributed by atoms with Crippen LogP contribution in [0.4, 0.5) is 0 Å². The molecule has 1 heterocycles. The number of benzene rings is 1. The van der Waals surface area contributed by atoms with Gasteiger partial charge in [0.25, 0.3) is 0 Å². The van der Waals surface area contributed by atoms with Crippen LogP contribution in [0.5, 0.6) is 0 Å². The molecule has 0 unspecified atom stereocenters. The minimum atomic E-state index is 1.08. The molecular formula is C11H12N2. The molecule has 0 saturated carbocycles. The highest BCUT2D eigenvalue weighted by molar-refractivity contribution is 5.85. The highest BCUT2D eigenvalue weighted by Crippen LogP contribution is 2.23. The van der Waals surface area contributed by atoms with Gasteiger partial charge in [0.05, 0.1) is 11.7 Å². The second-order valence-corrected chi connectivity index (χ2v) is 3.25. The Balaban J connectivity index is 2.91. The zero-order chi connectivity index (χ0) is 9.42. The average molecular weight is 172 g/mol. The largest absolute Gasteiger partial charge is 0.278 e. The predicted octanol–water partition coefficient (Wildman–Crippen LogP) is 2.82. The number of rotatable bonds is 1. The van der Waals surface area contributed by atoms with E-state index in [-0.39, 0.29) is 0 Å². The van der Waals surface area contributed by atoms with Crippen molar-refractivity contribution in [3.8, 4) is 0 Å². The molecule has 1 aromatic heterocycles. The number of fused-ring (bicyclic) bond motifs is 1. The number of nitrogens with zero attached hydrogens (tertiary/aromatic N) is 1. The van der Waals surface area contributed by atoms with Crippen LogP contribution in [0.15, 0.2) is 18.8 Å². The molecule has 0 amide bonds. The Morgan fingerprint density at radius 2 is 2.15 bits per heavy atom. The first-order valence-corrected chi connectivity index (χ1v) is 4.29. The molecule has 0 aliphatic rings. The minimum Gasteiger partial charge on any atom is -0.278 e. The summed E-state index contributed by atoms with van der Waals surface area (Å²) >= 11 is 0. The third-order valence-electron chi connectivity index (χ3n) is 2.59. The maximum atomic E-state index is 4.02. The normalized spacial score (nSPS) is 10.6. The highest BCUT2D eigenvalue weighted by Gasteiger charge is 2.05. The molecule has 2 heteroatoms. The number of nitrogens with one attached hydrogen (secondary N) is 1. The van der Waals surface area contributed by atoms with Crippen molar-refractivity contribution >= 4 is 17.0 Å². The molecule has 2 aromatic rings. The van der Waals surface area contributed by atoms with Crippen LogP contribution in [0.25, 0.3) is 17.0 Å². The lowest BCUT2D eigenvalue weighted by molar-refractivity contribution is 1.12. The summed E-state index contributed by atoms with van der Waals surface area (Å²) < 4.78 is 0. The summed E-state index contributed by atoms with van der Waals surface area (Å²) in [6.45, 7) is 8.01. The first-order chi connectivity index (χ1) is 6.24. The Hall–Kier alpha value is -1.57. The van der Waals surface area contributed by atoms with Crippen molar-refractivity contribution in [3.05, 3.63) is 35.5 Å². The highest BCUT2D eigenvalue weighted by atomic mass is 15.1. The molecule has 66 valence electrons. The fraction of sp³-hybridized carbons (Fsp3) is 0.182. The molecule has 2 nitrogen and oxygen atoms in total. The first-order valence-electron chi connectivity index (χ1n) is 4.29. The van der Waals surface area contributed by atoms with Crippen molar-refractivity contribution in [2.75, 3.05) is 0 Å². The van der Waals surface area contributed by atoms with Crippen LogP contribution in [0.2, 0.25) is 0 Å². The lowest BCUT2D eigenvalue weighted by Crippen LogP contribution is -1.86. The Kier molecular flexibility index (Phi) is 1.69. The quantitative estimate of drug-likeness (QED) is 0.704. The van der Waals surface area contributed by atoms with Crippen molar-refractivity contribution in [1.82, 2.24) is 10.2 Å². The molecule has 0 atom stereocenters. The van der Waals surface area contributed by atoms with Gasteiger partial charge in [0.2, 0.25) is 0 Å². The second kappa shape index (κ2) is 2.73. The van der Waals surface area contributed by atoms with E-state index in [9.17, 15) is 0 Å². The minimum absolute atomic E-state index is 1.08. The van der Waals surface area contributed by atoms with Gasteiger partial charge in [-0.1, -0.05) is 12.7 Å². The summed E-state index contributed by atoms with van der Waals surface area (Å²) in [5.74, 6) is 0. The van der Waals surface area contributed by atoms with Crippen molar-refractivity contribution < 1.29 is 0 Å². The van der Waals surface area contributed by atoms with Crippen molar-refractivity contribution in [2.24, 2.45) is 0 Å². The monoisotopic (exact) mass is 172 g/mol. The van der Waals surface area contributed by atoms with Crippen LogP contribution >= 0.6 is 0 Å². The summed E-state index contributed by atoms with van der Waals surface area (Å²) in [4.78, 5) is 0. The SMILES string of the molecule is C=Cc1cc2[nH]ncc2c(C)c1C. The molecular weight excluding hydrogens is 160 g/mol. The van der Waals surface area contributed by atoms with Gasteiger partial charge < -0.3 is 0 Å². The van der Waals surface area contributed by atoms with E-state index in [0.29, 0.717) is 0 Å². The molecule has 2 rings (SSSR count). The molecule has 1 N–H and O–H groups in total. The maximum Gasteiger partial charge on any atom is 0.0659 e. The van der Waals surface area contributed by atoms with Crippen LogP contribution < -0.4 is 0 Å². The van der Waals surface area contributed by atoms with Gasteiger partial charge in [-0.3, -0.25) is 5.10 Å². The predicted molar refractivity (Wildman–Crippen MR) is 55.7 cm³/mol. The summed E-state index contributed by atoms with van der Waals surface area (Å²) in [6.07, 6.45) is 3.74. The van der Waals surface area contributed by atoms with E-state index in [1.54, 1.807) is 0 Å². The van der Waals surface area contributed by atoms with Gasteiger partial charge in [0.1, 0.15) is 0 Å². The van der Waals surface area contributed by atoms with E-state index in [1.807, 2.05) is 12.3 Å². The summed E-state index contributed by atoms with van der Waals surface area (Å²) in [7, 11) is 0. The zero-order valence-electron chi connectivity index (χ0n) is 7.89. The van der Waals surface area contributed by atoms with E-state index in [2.05, 4.69) is 36.7 Å². The number of hydrogen-bond donors (Lipinski definition) is 1. The molecule has 0 bridgehead atoms. The first kappa shape index (κ1) is 8.05. The fourth-order valence-corrected chi connectivity index (χ4v) is 1.60. The standard InChI is InChI=1S/C11H12N2/c1-4-9-5-11-10(6-12-13-11)8(3)7(9)2/h4-6H,1H2,2-3H3,(H,12,13). The molecule has 0 aliphatic carbocycles. The van der Waals surface area contributed by atoms with Crippen molar-refractivity contribution in [1.29, 1.82) is 0 Å². The van der Waals surface area contributed by atoms with Gasteiger partial charge in [-0.05, 0) is 36.6 Å². The summed E-state index contributed by atoms with van der Waals surface area (Å²) in [5, 5.41) is 8.18. The Labute approximate surface area is 77.3 Å². The summed E-state index contributed by atoms with van der Waals surface area (Å²) in [5.41, 5.74) is 4.82. The molecule has 13 heavy (non-hydrogen) atoms. The molecule has 0 fully saturated rings. The van der Waals surface area contributed by atoms with Crippen molar-refractivity contribution in [3.63, 3.8) is 0 Å². The number of aromatic nitrogens is 2. The molecule has 0 radical (unpaired) electrons. The Morgan fingerprint density at radius 1 is 1.38 bits per heavy atom. The molecule has 0 aliphatic heterocycles. The van der Waals surface area contributed by atoms with Gasteiger partial charge in [0.15, 0.2) is 0 Å². The number of H-pyrrole nitrogens is 1. The van der Waals surface area contributed by atoms with Gasteiger partial charge >= 0.3 is 0 Å². The Bertz CT molecular complexity index is 466. The van der Waals surface area contributed by atoms with Crippen LogP contribution in [-0.4, -0.2) is 10.2 Å². The van der Waals surface area contributed by atoms with Gasteiger partial charge in [-0.25, -0.2) is 0 Å². The smallest absolute Gasteiger partial charge is 0.0659 e. The van der Waals surface area contributed by atoms with Crippen LogP contribution in [-0.2, 0) is 0 Å². The maximum absolute atomic E-state index is 4.02. The molecule has 0 spiro atoms. The Morgan fingerprint density at radius 3 is 2.85 bits per heavy atom. The molecule has 1 aromatic carbocycles. The van der Waals surface area contributed by atoms with E-state index < -0.39 is 0 Å². The third-order valence-corrected chi connectivity index (χ3v) is 2.59. The second-order valence-electron chi connectivity index (χ2n) is 3.25. The number of hydrogen-bond acceptors (Lipinski definition) is 1. The molecule has 0 saturated heterocycles. The van der Waals surface area contributed by atoms with Crippen LogP contribution in [0.1, 0.15) is 16.7 Å². The average Bonchev–Trinajstić information content (AvgIpc) is 2.59. The van der Waals surface area contributed by atoms with Crippen LogP contribution in [0, 0.1) is 13.8 Å². The summed E-state index contributed by atoms with van der Waals surface area (Å²) in [6, 6.07) is 2.08. The zero-order valence-corrected chi connectivity index (χ0v) is 7.89. The van der Waals surface area contributed by atoms with Crippen LogP contribution in [0.3, 0.4) is 0 Å². The van der Waals surface area contributed by atoms with E-state index in [0.717, 1.165) is 5.52 Å². The van der Waals surface area contributed by atoms with Crippen molar-refractivity contribution in [2.45, 2.75) is 13.8 Å². The lowest BCUT2D eigenvalue weighted by atomic mass is 10.00. The topological polar surface area (TPSA) is 28.7 Å². The van der Waals surface area contributed by atoms with Gasteiger partial charge in [-0.2, -0.15) is 5.10 Å². The van der Waals surface area contributed by atoms with E-state index >= 15 is 0 Å². The van der Waals surface area contributed by atoms with Gasteiger partial charge in [-0.15, -0.1) is 0 Å². The fourth-order valence-electron chi connectivity index (χ4n) is 1.60. The van der Waals surface area contributed by atoms with E-state index in [4.69, 9.17) is 0 Å². The van der Waals surface area contributed by atoms with E-state index in [1.165, 1.54) is 22.1 Å². The third kappa shape index (κ3) is 1.06. The number of aromatic amines is 1. The number of aryl methyl sites for hydroxylation is 1.